The van der Waals surface area contributed by atoms with Gasteiger partial charge < -0.3 is 15.1 Å². The Balaban J connectivity index is 2.71. The normalized spacial score (nSPS) is 10.4. The van der Waals surface area contributed by atoms with Gasteiger partial charge in [-0.3, -0.25) is 4.79 Å². The predicted molar refractivity (Wildman–Crippen MR) is 56.6 cm³/mol. The van der Waals surface area contributed by atoms with E-state index in [0.29, 0.717) is 30.4 Å². The van der Waals surface area contributed by atoms with Crippen molar-refractivity contribution in [3.63, 3.8) is 0 Å². The Morgan fingerprint density at radius 2 is 2.20 bits per heavy atom. The molecule has 1 aromatic rings. The maximum Gasteiger partial charge on any atom is 0.291 e. The summed E-state index contributed by atoms with van der Waals surface area (Å²) in [6.07, 6.45) is 0.786. The van der Waals surface area contributed by atoms with Crippen molar-refractivity contribution < 1.29 is 9.21 Å². The van der Waals surface area contributed by atoms with Gasteiger partial charge in [0, 0.05) is 20.5 Å². The number of rotatable bonds is 4. The van der Waals surface area contributed by atoms with Crippen LogP contribution in [-0.4, -0.2) is 35.9 Å². The standard InChI is InChI=1S/C10H17N3O2/c1-7-9(15-8(2)12-7)10(14)13(3)6-4-5-11/h4-6,11H2,1-3H3. The number of oxazole rings is 1. The van der Waals surface area contributed by atoms with Crippen LogP contribution in [0.4, 0.5) is 0 Å². The average Bonchev–Trinajstić information content (AvgIpc) is 2.53. The number of carbonyl (C=O) groups is 1. The van der Waals surface area contributed by atoms with E-state index >= 15 is 0 Å². The lowest BCUT2D eigenvalue weighted by Gasteiger charge is -2.14. The van der Waals surface area contributed by atoms with E-state index < -0.39 is 0 Å². The van der Waals surface area contributed by atoms with Gasteiger partial charge in [-0.2, -0.15) is 0 Å². The zero-order chi connectivity index (χ0) is 11.4. The minimum Gasteiger partial charge on any atom is -0.436 e. The summed E-state index contributed by atoms with van der Waals surface area (Å²) in [5.74, 6) is 0.705. The first-order valence-electron chi connectivity index (χ1n) is 4.95. The molecule has 0 fully saturated rings. The van der Waals surface area contributed by atoms with Crippen LogP contribution >= 0.6 is 0 Å². The van der Waals surface area contributed by atoms with Crippen LogP contribution in [-0.2, 0) is 0 Å². The Morgan fingerprint density at radius 1 is 1.53 bits per heavy atom. The predicted octanol–water partition coefficient (Wildman–Crippen LogP) is 0.712. The highest BCUT2D eigenvalue weighted by Crippen LogP contribution is 2.11. The fourth-order valence-corrected chi connectivity index (χ4v) is 1.33. The summed E-state index contributed by atoms with van der Waals surface area (Å²) in [5.41, 5.74) is 6.01. The second-order valence-corrected chi connectivity index (χ2v) is 3.52. The van der Waals surface area contributed by atoms with E-state index in [1.54, 1.807) is 25.8 Å². The van der Waals surface area contributed by atoms with Crippen LogP contribution < -0.4 is 5.73 Å². The van der Waals surface area contributed by atoms with Gasteiger partial charge in [0.25, 0.3) is 5.91 Å². The highest BCUT2D eigenvalue weighted by Gasteiger charge is 2.19. The molecule has 0 saturated heterocycles. The minimum absolute atomic E-state index is 0.137. The molecule has 0 radical (unpaired) electrons. The van der Waals surface area contributed by atoms with Gasteiger partial charge in [-0.25, -0.2) is 4.98 Å². The quantitative estimate of drug-likeness (QED) is 0.796. The van der Waals surface area contributed by atoms with Crippen molar-refractivity contribution in [3.05, 3.63) is 17.3 Å². The number of hydrogen-bond acceptors (Lipinski definition) is 4. The Kier molecular flexibility index (Phi) is 3.85. The number of amides is 1. The summed E-state index contributed by atoms with van der Waals surface area (Å²) in [5, 5.41) is 0. The van der Waals surface area contributed by atoms with Crippen LogP contribution in [0.5, 0.6) is 0 Å². The van der Waals surface area contributed by atoms with E-state index in [0.717, 1.165) is 6.42 Å². The van der Waals surface area contributed by atoms with Gasteiger partial charge in [0.1, 0.15) is 0 Å². The van der Waals surface area contributed by atoms with Gasteiger partial charge in [-0.05, 0) is 19.9 Å². The van der Waals surface area contributed by atoms with E-state index in [4.69, 9.17) is 10.2 Å². The van der Waals surface area contributed by atoms with Crippen LogP contribution in [0, 0.1) is 13.8 Å². The summed E-state index contributed by atoms with van der Waals surface area (Å²) >= 11 is 0. The van der Waals surface area contributed by atoms with Gasteiger partial charge in [0.15, 0.2) is 5.89 Å². The molecule has 84 valence electrons. The zero-order valence-corrected chi connectivity index (χ0v) is 9.41. The van der Waals surface area contributed by atoms with Crippen LogP contribution in [0.1, 0.15) is 28.6 Å². The molecular weight excluding hydrogens is 194 g/mol. The Morgan fingerprint density at radius 3 is 2.67 bits per heavy atom. The number of nitrogens with zero attached hydrogens (tertiary/aromatic N) is 2. The molecule has 0 aliphatic rings. The van der Waals surface area contributed by atoms with Gasteiger partial charge in [-0.15, -0.1) is 0 Å². The molecule has 0 aromatic carbocycles. The van der Waals surface area contributed by atoms with Gasteiger partial charge in [-0.1, -0.05) is 0 Å². The molecule has 2 N–H and O–H groups in total. The van der Waals surface area contributed by atoms with Crippen LogP contribution in [0.3, 0.4) is 0 Å². The molecule has 0 atom stereocenters. The van der Waals surface area contributed by atoms with Gasteiger partial charge >= 0.3 is 0 Å². The molecule has 0 spiro atoms. The minimum atomic E-state index is -0.137. The highest BCUT2D eigenvalue weighted by molar-refractivity contribution is 5.92. The summed E-state index contributed by atoms with van der Waals surface area (Å²) in [7, 11) is 1.73. The molecule has 1 rings (SSSR count). The van der Waals surface area contributed by atoms with Crippen molar-refractivity contribution in [2.75, 3.05) is 20.1 Å². The summed E-state index contributed by atoms with van der Waals surface area (Å²) in [6.45, 7) is 4.70. The Labute approximate surface area is 89.3 Å². The summed E-state index contributed by atoms with van der Waals surface area (Å²) in [4.78, 5) is 17.5. The average molecular weight is 211 g/mol. The Hall–Kier alpha value is -1.36. The molecule has 15 heavy (non-hydrogen) atoms. The number of nitrogens with two attached hydrogens (primary N) is 1. The molecule has 1 heterocycles. The molecule has 5 nitrogen and oxygen atoms in total. The van der Waals surface area contributed by atoms with Crippen molar-refractivity contribution >= 4 is 5.91 Å². The molecule has 5 heteroatoms. The van der Waals surface area contributed by atoms with Crippen molar-refractivity contribution in [1.82, 2.24) is 9.88 Å². The van der Waals surface area contributed by atoms with Crippen molar-refractivity contribution in [3.8, 4) is 0 Å². The number of aromatic nitrogens is 1. The van der Waals surface area contributed by atoms with Crippen LogP contribution in [0.25, 0.3) is 0 Å². The lowest BCUT2D eigenvalue weighted by atomic mass is 10.3. The molecule has 0 aliphatic heterocycles. The van der Waals surface area contributed by atoms with Crippen LogP contribution in [0.2, 0.25) is 0 Å². The maximum atomic E-state index is 11.8. The topological polar surface area (TPSA) is 72.4 Å². The highest BCUT2D eigenvalue weighted by atomic mass is 16.4. The smallest absolute Gasteiger partial charge is 0.291 e. The molecule has 1 amide bonds. The third-order valence-corrected chi connectivity index (χ3v) is 2.14. The molecule has 1 aromatic heterocycles. The van der Waals surface area contributed by atoms with Crippen molar-refractivity contribution in [2.45, 2.75) is 20.3 Å². The van der Waals surface area contributed by atoms with E-state index in [1.165, 1.54) is 0 Å². The third-order valence-electron chi connectivity index (χ3n) is 2.14. The fourth-order valence-electron chi connectivity index (χ4n) is 1.33. The molecule has 0 saturated carbocycles. The van der Waals surface area contributed by atoms with Crippen LogP contribution in [0.15, 0.2) is 4.42 Å². The van der Waals surface area contributed by atoms with Crippen molar-refractivity contribution in [2.24, 2.45) is 5.73 Å². The molecule has 0 bridgehead atoms. The fraction of sp³-hybridized carbons (Fsp3) is 0.600. The monoisotopic (exact) mass is 211 g/mol. The third kappa shape index (κ3) is 2.79. The lowest BCUT2D eigenvalue weighted by Crippen LogP contribution is -2.29. The molecular formula is C10H17N3O2. The second kappa shape index (κ2) is 4.93. The van der Waals surface area contributed by atoms with E-state index in [-0.39, 0.29) is 5.91 Å². The number of aryl methyl sites for hydroxylation is 2. The lowest BCUT2D eigenvalue weighted by molar-refractivity contribution is 0.0760. The largest absolute Gasteiger partial charge is 0.436 e. The first-order valence-corrected chi connectivity index (χ1v) is 4.95. The molecule has 0 aliphatic carbocycles. The van der Waals surface area contributed by atoms with E-state index in [9.17, 15) is 4.79 Å². The van der Waals surface area contributed by atoms with Gasteiger partial charge in [0.05, 0.1) is 5.69 Å². The summed E-state index contributed by atoms with van der Waals surface area (Å²) in [6, 6.07) is 0. The number of carbonyl (C=O) groups excluding carboxylic acids is 1. The molecule has 0 unspecified atom stereocenters. The SMILES string of the molecule is Cc1nc(C)c(C(=O)N(C)CCCN)o1. The van der Waals surface area contributed by atoms with E-state index in [2.05, 4.69) is 4.98 Å². The first-order chi connectivity index (χ1) is 7.06. The summed E-state index contributed by atoms with van der Waals surface area (Å²) < 4.78 is 5.24. The second-order valence-electron chi connectivity index (χ2n) is 3.52. The maximum absolute atomic E-state index is 11.8. The first kappa shape index (κ1) is 11.7. The zero-order valence-electron chi connectivity index (χ0n) is 9.41. The van der Waals surface area contributed by atoms with Gasteiger partial charge in [0.2, 0.25) is 5.76 Å². The Bertz CT molecular complexity index is 346. The van der Waals surface area contributed by atoms with Crippen molar-refractivity contribution in [1.29, 1.82) is 0 Å². The number of hydrogen-bond donors (Lipinski definition) is 1. The van der Waals surface area contributed by atoms with E-state index in [1.807, 2.05) is 0 Å².